The fourth-order valence-corrected chi connectivity index (χ4v) is 3.59. The molecule has 142 valence electrons. The maximum Gasteiger partial charge on any atom is 0.186 e. The van der Waals surface area contributed by atoms with Gasteiger partial charge in [0.05, 0.1) is 12.7 Å². The van der Waals surface area contributed by atoms with Crippen molar-refractivity contribution in [1.82, 2.24) is 5.32 Å². The number of para-hydroxylation sites is 1. The Balaban J connectivity index is 1.73. The number of ether oxygens (including phenoxy) is 1. The van der Waals surface area contributed by atoms with E-state index < -0.39 is 0 Å². The molecular weight excluding hydrogens is 348 g/mol. The second-order valence-electron chi connectivity index (χ2n) is 7.12. The van der Waals surface area contributed by atoms with Crippen LogP contribution in [0.5, 0.6) is 11.5 Å². The molecule has 3 aromatic rings. The van der Waals surface area contributed by atoms with Crippen molar-refractivity contribution in [3.63, 3.8) is 0 Å². The zero-order valence-electron chi connectivity index (χ0n) is 16.1. The predicted octanol–water partition coefficient (Wildman–Crippen LogP) is 3.66. The topological polar surface area (TPSA) is 58.1 Å². The van der Waals surface area contributed by atoms with E-state index in [1.807, 2.05) is 30.3 Å². The number of hydrogen-bond acceptors (Lipinski definition) is 3. The highest BCUT2D eigenvalue weighted by Gasteiger charge is 2.29. The van der Waals surface area contributed by atoms with Crippen LogP contribution in [0.2, 0.25) is 0 Å². The highest BCUT2D eigenvalue weighted by molar-refractivity contribution is 5.66. The first-order valence-corrected chi connectivity index (χ1v) is 9.46. The van der Waals surface area contributed by atoms with Crippen LogP contribution in [0, 0.1) is 6.92 Å². The van der Waals surface area contributed by atoms with E-state index in [0.29, 0.717) is 5.75 Å². The number of phenolic OH excluding ortho intramolecular Hbond substituents is 1. The lowest BCUT2D eigenvalue weighted by molar-refractivity contribution is -0.731. The number of aromatic hydroxyl groups is 1. The van der Waals surface area contributed by atoms with Crippen molar-refractivity contribution in [2.24, 2.45) is 0 Å². The van der Waals surface area contributed by atoms with Gasteiger partial charge in [0.2, 0.25) is 0 Å². The minimum Gasteiger partial charge on any atom is -0.507 e. The third kappa shape index (κ3) is 3.73. The number of aryl methyl sites for hydroxylation is 1. The summed E-state index contributed by atoms with van der Waals surface area (Å²) < 4.78 is 5.29. The summed E-state index contributed by atoms with van der Waals surface area (Å²) in [5.74, 6) is 1.16. The summed E-state index contributed by atoms with van der Waals surface area (Å²) in [5.41, 5.74) is 5.50. The molecule has 0 amide bonds. The quantitative estimate of drug-likeness (QED) is 0.654. The predicted molar refractivity (Wildman–Crippen MR) is 111 cm³/mol. The van der Waals surface area contributed by atoms with Crippen LogP contribution >= 0.6 is 0 Å². The fraction of sp³-hybridized carbons (Fsp3) is 0.167. The van der Waals surface area contributed by atoms with Crippen molar-refractivity contribution >= 4 is 5.70 Å². The maximum absolute atomic E-state index is 10.4. The average Bonchev–Trinajstić information content (AvgIpc) is 2.74. The second-order valence-corrected chi connectivity index (χ2v) is 7.12. The molecule has 4 heteroatoms. The van der Waals surface area contributed by atoms with Crippen molar-refractivity contribution in [2.75, 3.05) is 7.11 Å². The van der Waals surface area contributed by atoms with E-state index in [0.717, 1.165) is 28.1 Å². The molecule has 1 aliphatic heterocycles. The van der Waals surface area contributed by atoms with Crippen LogP contribution in [-0.2, 0) is 0 Å². The molecule has 4 nitrogen and oxygen atoms in total. The number of phenols is 1. The molecule has 0 saturated heterocycles. The number of methoxy groups -OCH3 is 1. The van der Waals surface area contributed by atoms with Gasteiger partial charge in [-0.05, 0) is 48.9 Å². The molecule has 4 N–H and O–H groups in total. The van der Waals surface area contributed by atoms with Gasteiger partial charge in [-0.25, -0.2) is 0 Å². The van der Waals surface area contributed by atoms with E-state index in [-0.39, 0.29) is 12.2 Å². The summed E-state index contributed by atoms with van der Waals surface area (Å²) in [4.78, 5) is 0. The standard InChI is InChI=1S/C24H24N2O2/c1-16-7-9-17(10-8-16)21-15-22(20-5-3-4-6-23(20)27)26-24(25-21)18-11-13-19(28-2)14-12-18/h3-15,22,24-27H,1-2H3/p+1. The molecular formula is C24H25N2O2+. The fourth-order valence-electron chi connectivity index (χ4n) is 3.59. The molecule has 2 atom stereocenters. The first-order chi connectivity index (χ1) is 13.6. The van der Waals surface area contributed by atoms with Crippen molar-refractivity contribution in [3.8, 4) is 11.5 Å². The molecule has 4 rings (SSSR count). The summed E-state index contributed by atoms with van der Waals surface area (Å²) in [6.07, 6.45) is 2.21. The monoisotopic (exact) mass is 373 g/mol. The smallest absolute Gasteiger partial charge is 0.186 e. The van der Waals surface area contributed by atoms with Crippen LogP contribution < -0.4 is 15.4 Å². The van der Waals surface area contributed by atoms with Crippen LogP contribution in [0.25, 0.3) is 5.70 Å². The SMILES string of the molecule is COc1ccc(C2NC(c3ccc(C)cc3)=CC(c3ccccc3O)[NH2+]2)cc1. The molecule has 0 aromatic heterocycles. The summed E-state index contributed by atoms with van der Waals surface area (Å²) in [5, 5.41) is 16.3. The second kappa shape index (κ2) is 7.79. The lowest BCUT2D eigenvalue weighted by atomic mass is 9.97. The zero-order chi connectivity index (χ0) is 19.5. The maximum atomic E-state index is 10.4. The zero-order valence-corrected chi connectivity index (χ0v) is 16.1. The molecule has 0 saturated carbocycles. The summed E-state index contributed by atoms with van der Waals surface area (Å²) in [7, 11) is 1.67. The van der Waals surface area contributed by atoms with Gasteiger partial charge in [0, 0.05) is 17.3 Å². The van der Waals surface area contributed by atoms with E-state index >= 15 is 0 Å². The number of nitrogens with one attached hydrogen (secondary N) is 1. The Morgan fingerprint density at radius 3 is 2.32 bits per heavy atom. The molecule has 28 heavy (non-hydrogen) atoms. The van der Waals surface area contributed by atoms with Crippen LogP contribution in [0.1, 0.15) is 34.5 Å². The first kappa shape index (κ1) is 18.1. The van der Waals surface area contributed by atoms with Gasteiger partial charge in [0.15, 0.2) is 6.17 Å². The molecule has 0 fully saturated rings. The summed E-state index contributed by atoms with van der Waals surface area (Å²) in [6.45, 7) is 2.09. The Hall–Kier alpha value is -3.24. The number of hydrogen-bond donors (Lipinski definition) is 3. The normalized spacial score (nSPS) is 18.9. The third-order valence-corrected chi connectivity index (χ3v) is 5.19. The van der Waals surface area contributed by atoms with Gasteiger partial charge in [-0.2, -0.15) is 0 Å². The van der Waals surface area contributed by atoms with Gasteiger partial charge >= 0.3 is 0 Å². The molecule has 0 aliphatic carbocycles. The molecule has 0 bridgehead atoms. The number of rotatable bonds is 4. The van der Waals surface area contributed by atoms with Crippen LogP contribution in [-0.4, -0.2) is 12.2 Å². The minimum absolute atomic E-state index is 0.00542. The molecule has 1 heterocycles. The molecule has 2 unspecified atom stereocenters. The van der Waals surface area contributed by atoms with E-state index in [9.17, 15) is 5.11 Å². The van der Waals surface area contributed by atoms with E-state index in [2.05, 4.69) is 60.0 Å². The molecule has 0 radical (unpaired) electrons. The summed E-state index contributed by atoms with van der Waals surface area (Å²) in [6, 6.07) is 24.2. The van der Waals surface area contributed by atoms with Crippen molar-refractivity contribution in [1.29, 1.82) is 0 Å². The highest BCUT2D eigenvalue weighted by atomic mass is 16.5. The Morgan fingerprint density at radius 2 is 1.64 bits per heavy atom. The highest BCUT2D eigenvalue weighted by Crippen LogP contribution is 2.29. The van der Waals surface area contributed by atoms with E-state index in [1.54, 1.807) is 13.2 Å². The van der Waals surface area contributed by atoms with Crippen molar-refractivity contribution in [2.45, 2.75) is 19.1 Å². The lowest BCUT2D eigenvalue weighted by Crippen LogP contribution is -2.89. The van der Waals surface area contributed by atoms with Crippen LogP contribution in [0.4, 0.5) is 0 Å². The minimum atomic E-state index is 0.00542. The largest absolute Gasteiger partial charge is 0.507 e. The Kier molecular flexibility index (Phi) is 5.04. The van der Waals surface area contributed by atoms with Crippen LogP contribution in [0.3, 0.4) is 0 Å². The first-order valence-electron chi connectivity index (χ1n) is 9.46. The lowest BCUT2D eigenvalue weighted by Gasteiger charge is -2.30. The summed E-state index contributed by atoms with van der Waals surface area (Å²) >= 11 is 0. The van der Waals surface area contributed by atoms with Gasteiger partial charge in [0.1, 0.15) is 17.5 Å². The molecule has 1 aliphatic rings. The van der Waals surface area contributed by atoms with Gasteiger partial charge in [0.25, 0.3) is 0 Å². The Bertz CT molecular complexity index is 978. The Labute approximate surface area is 165 Å². The number of nitrogens with two attached hydrogens (primary N) is 1. The van der Waals surface area contributed by atoms with Gasteiger partial charge in [-0.15, -0.1) is 0 Å². The van der Waals surface area contributed by atoms with E-state index in [4.69, 9.17) is 4.74 Å². The van der Waals surface area contributed by atoms with E-state index in [1.165, 1.54) is 5.56 Å². The third-order valence-electron chi connectivity index (χ3n) is 5.19. The van der Waals surface area contributed by atoms with Gasteiger partial charge < -0.3 is 20.5 Å². The molecule has 0 spiro atoms. The van der Waals surface area contributed by atoms with Crippen LogP contribution in [0.15, 0.2) is 78.9 Å². The van der Waals surface area contributed by atoms with Gasteiger partial charge in [-0.1, -0.05) is 42.0 Å². The van der Waals surface area contributed by atoms with Gasteiger partial charge in [-0.3, -0.25) is 0 Å². The Morgan fingerprint density at radius 1 is 0.929 bits per heavy atom. The molecule has 3 aromatic carbocycles. The van der Waals surface area contributed by atoms with Crippen molar-refractivity contribution < 1.29 is 15.2 Å². The average molecular weight is 373 g/mol. The number of benzene rings is 3. The van der Waals surface area contributed by atoms with Crippen molar-refractivity contribution in [3.05, 3.63) is 101 Å². The number of quaternary nitrogens is 1.